The molecule has 1 aromatic rings. The minimum absolute atomic E-state index is 0.0135. The lowest BCUT2D eigenvalue weighted by atomic mass is 9.33. The van der Waals surface area contributed by atoms with Crippen LogP contribution in [0.5, 0.6) is 5.88 Å². The van der Waals surface area contributed by atoms with Crippen LogP contribution in [0.25, 0.3) is 0 Å². The zero-order valence-corrected chi connectivity index (χ0v) is 40.0. The molecule has 0 aromatic carbocycles. The first-order valence-electron chi connectivity index (χ1n) is 23.6. The van der Waals surface area contributed by atoms with Gasteiger partial charge in [0.15, 0.2) is 0 Å². The molecule has 0 spiro atoms. The zero-order chi connectivity index (χ0) is 43.8. The Balaban J connectivity index is 1.000. The normalized spacial score (nSPS) is 43.8. The number of aliphatic hydroxyl groups is 1. The fraction of sp³-hybridized carbons (Fsp3) is 0.745. The summed E-state index contributed by atoms with van der Waals surface area (Å²) in [6.07, 6.45) is 23.1. The molecule has 4 saturated carbocycles. The predicted octanol–water partition coefficient (Wildman–Crippen LogP) is 10.3. The lowest BCUT2D eigenvalue weighted by Gasteiger charge is -2.72. The molecule has 0 radical (unpaired) electrons. The summed E-state index contributed by atoms with van der Waals surface area (Å²) in [5.74, 6) is 4.10. The van der Waals surface area contributed by atoms with Gasteiger partial charge in [-0.2, -0.15) is 5.26 Å². The number of hydrogen-bond acceptors (Lipinski definition) is 7. The first kappa shape index (κ1) is 45.3. The van der Waals surface area contributed by atoms with Crippen LogP contribution in [0.2, 0.25) is 0 Å². The third kappa shape index (κ3) is 7.39. The number of rotatable bonds is 11. The van der Waals surface area contributed by atoms with Gasteiger partial charge in [-0.3, -0.25) is 4.79 Å². The van der Waals surface area contributed by atoms with Crippen LogP contribution in [0.1, 0.15) is 143 Å². The van der Waals surface area contributed by atoms with Crippen LogP contribution in [0, 0.1) is 68.0 Å². The molecular formula is C51H75N3O5S2. The van der Waals surface area contributed by atoms with Crippen LogP contribution in [-0.2, 0) is 15.0 Å². The van der Waals surface area contributed by atoms with Gasteiger partial charge in [-0.1, -0.05) is 68.8 Å². The summed E-state index contributed by atoms with van der Waals surface area (Å²) >= 11 is 0. The quantitative estimate of drug-likeness (QED) is 0.0746. The molecule has 1 aliphatic heterocycles. The van der Waals surface area contributed by atoms with E-state index in [2.05, 4.69) is 76.6 Å². The van der Waals surface area contributed by atoms with Gasteiger partial charge in [-0.25, -0.2) is 4.98 Å². The first-order chi connectivity index (χ1) is 28.8. The summed E-state index contributed by atoms with van der Waals surface area (Å²) in [7, 11) is -1.20. The highest BCUT2D eigenvalue weighted by Crippen LogP contribution is 2.76. The molecule has 0 amide bonds. The number of ether oxygens (including phenoxy) is 1. The van der Waals surface area contributed by atoms with Crippen LogP contribution in [0.3, 0.4) is 0 Å². The molecule has 8 nitrogen and oxygen atoms in total. The van der Waals surface area contributed by atoms with Crippen molar-refractivity contribution in [2.45, 2.75) is 149 Å². The molecule has 1 aromatic heterocycles. The van der Waals surface area contributed by atoms with Gasteiger partial charge in [-0.05, 0) is 195 Å². The van der Waals surface area contributed by atoms with E-state index in [1.165, 1.54) is 68.1 Å². The summed E-state index contributed by atoms with van der Waals surface area (Å²) in [5.41, 5.74) is 3.42. The van der Waals surface area contributed by atoms with Gasteiger partial charge < -0.3 is 24.8 Å². The number of nitriles is 1. The summed E-state index contributed by atoms with van der Waals surface area (Å²) in [6, 6.07) is 5.44. The lowest BCUT2D eigenvalue weighted by Crippen LogP contribution is -2.68. The van der Waals surface area contributed by atoms with Gasteiger partial charge in [0.25, 0.3) is 0 Å². The molecule has 1 unspecified atom stereocenters. The Morgan fingerprint density at radius 3 is 2.43 bits per heavy atom. The van der Waals surface area contributed by atoms with Crippen LogP contribution < -0.4 is 10.1 Å². The number of carboxylic acid groups (broad SMARTS) is 1. The van der Waals surface area contributed by atoms with Crippen LogP contribution in [0.15, 0.2) is 53.8 Å². The molecule has 1 saturated heterocycles. The number of thiol groups is 1. The second kappa shape index (κ2) is 16.3. The maximum atomic E-state index is 12.8. The van der Waals surface area contributed by atoms with Crippen molar-refractivity contribution in [3.63, 3.8) is 0 Å². The van der Waals surface area contributed by atoms with Crippen molar-refractivity contribution in [3.05, 3.63) is 59.3 Å². The van der Waals surface area contributed by atoms with Gasteiger partial charge in [0.1, 0.15) is 29.9 Å². The standard InChI is InChI=1S/C51H75N3O5S2/c1-34(2)37-15-22-51(54-29-25-50(57)26-30-61(31-27-50)60(8)58)24-23-47(6)39(42(37)51)11-12-41-46(5)18-16-38(45(3,4)40(46)17-19-48(41,47)7)35-13-20-49(21-14-35,44(55)56)33-59-43-36(32-52)10-9-28-53-43/h9-10,13,16,28,37,39-42,54,57,61H,1,11-12,14-15,17-27,29-31,33H2,2-8H3,(H,55,56)/t37-,39+,40-,41+,42+,46-,47+,48+,49+,51-,60?/m0/s1. The minimum atomic E-state index is -1.06. The molecule has 3 N–H and O–H groups in total. The average molecular weight is 874 g/mol. The molecule has 336 valence electrons. The Morgan fingerprint density at radius 1 is 1.02 bits per heavy atom. The second-order valence-electron chi connectivity index (χ2n) is 22.4. The lowest BCUT2D eigenvalue weighted by molar-refractivity contribution is -0.221. The fourth-order valence-corrected chi connectivity index (χ4v) is 20.0. The minimum Gasteiger partial charge on any atom is -0.607 e. The summed E-state index contributed by atoms with van der Waals surface area (Å²) in [5, 5.41) is 35.9. The Kier molecular flexibility index (Phi) is 12.1. The van der Waals surface area contributed by atoms with E-state index in [4.69, 9.17) is 4.74 Å². The number of aliphatic carboxylic acids is 1. The largest absolute Gasteiger partial charge is 0.607 e. The van der Waals surface area contributed by atoms with E-state index in [1.807, 2.05) is 6.26 Å². The third-order valence-electron chi connectivity index (χ3n) is 19.5. The van der Waals surface area contributed by atoms with E-state index >= 15 is 0 Å². The molecular weight excluding hydrogens is 799 g/mol. The predicted molar refractivity (Wildman–Crippen MR) is 249 cm³/mol. The Labute approximate surface area is 372 Å². The van der Waals surface area contributed by atoms with Crippen LogP contribution in [-0.4, -0.2) is 67.8 Å². The van der Waals surface area contributed by atoms with Crippen LogP contribution >= 0.6 is 9.93 Å². The van der Waals surface area contributed by atoms with Crippen molar-refractivity contribution >= 4 is 26.1 Å². The number of nitrogens with one attached hydrogen (secondary N) is 1. The van der Waals surface area contributed by atoms with Crippen molar-refractivity contribution in [1.82, 2.24) is 10.3 Å². The highest BCUT2D eigenvalue weighted by molar-refractivity contribution is 8.80. The smallest absolute Gasteiger partial charge is 0.313 e. The summed E-state index contributed by atoms with van der Waals surface area (Å²) in [6.45, 7) is 20.8. The van der Waals surface area contributed by atoms with Gasteiger partial charge in [0.2, 0.25) is 5.88 Å². The Bertz CT molecular complexity index is 1980. The highest BCUT2D eigenvalue weighted by Gasteiger charge is 2.70. The highest BCUT2D eigenvalue weighted by atomic mass is 33.2. The van der Waals surface area contributed by atoms with E-state index in [1.54, 1.807) is 18.3 Å². The number of hydrogen-bond donors (Lipinski definition) is 4. The van der Waals surface area contributed by atoms with E-state index < -0.39 is 37.1 Å². The molecule has 2 heterocycles. The molecule has 6 aliphatic carbocycles. The Hall–Kier alpha value is -2.29. The number of carboxylic acids is 1. The number of fused-ring (bicyclic) bond motifs is 7. The fourth-order valence-electron chi connectivity index (χ4n) is 15.9. The average Bonchev–Trinajstić information content (AvgIpc) is 3.60. The van der Waals surface area contributed by atoms with Gasteiger partial charge in [-0.15, -0.1) is 0 Å². The second-order valence-corrected chi connectivity index (χ2v) is 28.2. The van der Waals surface area contributed by atoms with Crippen molar-refractivity contribution in [2.24, 2.45) is 56.7 Å². The van der Waals surface area contributed by atoms with Gasteiger partial charge in [0.05, 0.1) is 5.60 Å². The molecule has 11 atom stereocenters. The van der Waals surface area contributed by atoms with E-state index in [0.717, 1.165) is 43.7 Å². The summed E-state index contributed by atoms with van der Waals surface area (Å²) < 4.78 is 18.1. The summed E-state index contributed by atoms with van der Waals surface area (Å²) in [4.78, 5) is 17.0. The third-order valence-corrected chi connectivity index (χ3v) is 25.0. The Morgan fingerprint density at radius 2 is 1.77 bits per heavy atom. The van der Waals surface area contributed by atoms with E-state index in [0.29, 0.717) is 54.4 Å². The topological polar surface area (TPSA) is 139 Å². The SMILES string of the molecule is C=C(C)[C@@H]1CC[C@]2(NCCC3(O)CC[SH]([S+](C)[O-])CC3)CC[C@]3(C)[C@H](CC[C@@H]4[C@@]5(C)CC=C(C6=CC[C@@](COc7ncccc7C#N)(C(=O)O)CC6)C(C)(C)[C@@H]5CC[C@]43C)[C@@H]12. The van der Waals surface area contributed by atoms with Crippen molar-refractivity contribution in [3.8, 4) is 11.9 Å². The molecule has 61 heavy (non-hydrogen) atoms. The first-order valence-corrected chi connectivity index (χ1v) is 27.5. The van der Waals surface area contributed by atoms with E-state index in [9.17, 15) is 24.8 Å². The van der Waals surface area contributed by atoms with E-state index in [-0.39, 0.29) is 39.7 Å². The number of aromatic nitrogens is 1. The molecule has 8 rings (SSSR count). The van der Waals surface area contributed by atoms with Crippen molar-refractivity contribution in [2.75, 3.05) is 30.9 Å². The number of allylic oxidation sites excluding steroid dienone is 5. The maximum absolute atomic E-state index is 12.8. The number of nitrogens with zero attached hydrogens (tertiary/aromatic N) is 2. The molecule has 10 heteroatoms. The van der Waals surface area contributed by atoms with Crippen molar-refractivity contribution in [1.29, 1.82) is 5.26 Å². The zero-order valence-electron chi connectivity index (χ0n) is 38.3. The number of pyridine rings is 1. The monoisotopic (exact) mass is 874 g/mol. The van der Waals surface area contributed by atoms with Crippen LogP contribution in [0.4, 0.5) is 0 Å². The molecule has 7 aliphatic rings. The number of carbonyl (C=O) groups is 1. The van der Waals surface area contributed by atoms with Gasteiger partial charge in [0, 0.05) is 23.2 Å². The molecule has 0 bridgehead atoms. The van der Waals surface area contributed by atoms with Gasteiger partial charge >= 0.3 is 5.97 Å². The molecule has 5 fully saturated rings. The maximum Gasteiger partial charge on any atom is 0.313 e. The van der Waals surface area contributed by atoms with Crippen molar-refractivity contribution < 1.29 is 24.3 Å².